The van der Waals surface area contributed by atoms with Crippen LogP contribution in [0.4, 0.5) is 4.79 Å². The molecule has 0 aromatic heterocycles. The molecule has 2 rings (SSSR count). The smallest absolute Gasteiger partial charge is 0.269 e. The molecule has 0 aromatic rings. The minimum Gasteiger partial charge on any atom is -0.269 e. The normalized spacial score (nSPS) is 24.6. The van der Waals surface area contributed by atoms with Crippen molar-refractivity contribution in [2.24, 2.45) is 4.99 Å². The van der Waals surface area contributed by atoms with Crippen molar-refractivity contribution in [3.63, 3.8) is 0 Å². The predicted octanol–water partition coefficient (Wildman–Crippen LogP) is -0.273. The fourth-order valence-corrected chi connectivity index (χ4v) is 2.24. The summed E-state index contributed by atoms with van der Waals surface area (Å²) in [5.74, 6) is 0.283. The van der Waals surface area contributed by atoms with Gasteiger partial charge >= 0.3 is 6.03 Å². The number of hydrogen-bond acceptors (Lipinski definition) is 3. The van der Waals surface area contributed by atoms with E-state index in [9.17, 15) is 9.59 Å². The van der Waals surface area contributed by atoms with Crippen molar-refractivity contribution in [2.45, 2.75) is 6.04 Å². The SMILES string of the molecule is CN1C(=O)C2C(=NC=[N+]2CCBr)N(C)C1=O. The van der Waals surface area contributed by atoms with Crippen LogP contribution in [0, 0.1) is 0 Å². The van der Waals surface area contributed by atoms with Crippen molar-refractivity contribution >= 4 is 40.0 Å². The zero-order valence-corrected chi connectivity index (χ0v) is 10.6. The number of imide groups is 1. The summed E-state index contributed by atoms with van der Waals surface area (Å²) in [5, 5.41) is 0.747. The zero-order chi connectivity index (χ0) is 11.9. The third kappa shape index (κ3) is 1.46. The van der Waals surface area contributed by atoms with E-state index < -0.39 is 6.04 Å². The van der Waals surface area contributed by atoms with Gasteiger partial charge in [0.2, 0.25) is 0 Å². The van der Waals surface area contributed by atoms with E-state index >= 15 is 0 Å². The molecule has 2 heterocycles. The molecule has 1 fully saturated rings. The maximum atomic E-state index is 12.0. The summed E-state index contributed by atoms with van der Waals surface area (Å²) in [6, 6.07) is -0.792. The fourth-order valence-electron chi connectivity index (χ4n) is 1.83. The average molecular weight is 288 g/mol. The largest absolute Gasteiger partial charge is 0.333 e. The Hall–Kier alpha value is -1.24. The highest BCUT2D eigenvalue weighted by atomic mass is 79.9. The van der Waals surface area contributed by atoms with Crippen LogP contribution in [0.15, 0.2) is 4.99 Å². The molecule has 86 valence electrons. The monoisotopic (exact) mass is 287 g/mol. The van der Waals surface area contributed by atoms with Gasteiger partial charge in [0.05, 0.1) is 6.54 Å². The number of rotatable bonds is 2. The van der Waals surface area contributed by atoms with Crippen LogP contribution in [-0.4, -0.2) is 70.5 Å². The molecule has 1 unspecified atom stereocenters. The summed E-state index contributed by atoms with van der Waals surface area (Å²) in [4.78, 5) is 30.3. The second-order valence-corrected chi connectivity index (χ2v) is 4.46. The van der Waals surface area contributed by atoms with Gasteiger partial charge in [-0.3, -0.25) is 14.6 Å². The van der Waals surface area contributed by atoms with Crippen LogP contribution >= 0.6 is 15.9 Å². The maximum absolute atomic E-state index is 12.0. The lowest BCUT2D eigenvalue weighted by Crippen LogP contribution is -2.61. The summed E-state index contributed by atoms with van der Waals surface area (Å²) in [6.45, 7) is 0.680. The molecule has 0 bridgehead atoms. The first-order valence-electron chi connectivity index (χ1n) is 4.86. The number of urea groups is 1. The molecular weight excluding hydrogens is 276 g/mol. The summed E-state index contributed by atoms with van der Waals surface area (Å²) < 4.78 is 1.83. The van der Waals surface area contributed by atoms with E-state index in [1.54, 1.807) is 13.4 Å². The van der Waals surface area contributed by atoms with Crippen molar-refractivity contribution in [3.05, 3.63) is 0 Å². The number of hydrogen-bond donors (Lipinski definition) is 0. The Morgan fingerprint density at radius 1 is 1.44 bits per heavy atom. The third-order valence-corrected chi connectivity index (χ3v) is 3.09. The predicted molar refractivity (Wildman–Crippen MR) is 62.1 cm³/mol. The zero-order valence-electron chi connectivity index (χ0n) is 9.05. The quantitative estimate of drug-likeness (QED) is 0.518. The lowest BCUT2D eigenvalue weighted by Gasteiger charge is -2.30. The number of aliphatic imine (C=N–C) groups is 1. The van der Waals surface area contributed by atoms with Gasteiger partial charge in [-0.1, -0.05) is 15.9 Å². The average Bonchev–Trinajstić information content (AvgIpc) is 2.68. The number of halogens is 1. The molecule has 6 nitrogen and oxygen atoms in total. The summed E-state index contributed by atoms with van der Waals surface area (Å²) >= 11 is 3.32. The molecule has 3 amide bonds. The number of nitrogens with zero attached hydrogens (tertiary/aromatic N) is 4. The van der Waals surface area contributed by atoms with Crippen molar-refractivity contribution < 1.29 is 14.2 Å². The van der Waals surface area contributed by atoms with E-state index in [2.05, 4.69) is 20.9 Å². The van der Waals surface area contributed by atoms with Gasteiger partial charge in [0, 0.05) is 19.4 Å². The number of amides is 3. The summed E-state index contributed by atoms with van der Waals surface area (Å²) in [7, 11) is 3.12. The van der Waals surface area contributed by atoms with Gasteiger partial charge in [-0.05, 0) is 4.99 Å². The Kier molecular flexibility index (Phi) is 2.79. The molecule has 7 heteroatoms. The fraction of sp³-hybridized carbons (Fsp3) is 0.556. The van der Waals surface area contributed by atoms with Crippen LogP contribution in [0.5, 0.6) is 0 Å². The lowest BCUT2D eigenvalue weighted by molar-refractivity contribution is -0.526. The van der Waals surface area contributed by atoms with E-state index in [4.69, 9.17) is 0 Å². The minimum absolute atomic E-state index is 0.225. The Labute approximate surface area is 101 Å². The van der Waals surface area contributed by atoms with Gasteiger partial charge in [0.15, 0.2) is 0 Å². The second-order valence-electron chi connectivity index (χ2n) is 3.67. The molecule has 0 aliphatic carbocycles. The van der Waals surface area contributed by atoms with Gasteiger partial charge < -0.3 is 0 Å². The molecule has 0 saturated carbocycles. The van der Waals surface area contributed by atoms with Crippen molar-refractivity contribution in [3.8, 4) is 0 Å². The minimum atomic E-state index is -0.453. The lowest BCUT2D eigenvalue weighted by atomic mass is 10.1. The van der Waals surface area contributed by atoms with Crippen LogP contribution in [0.1, 0.15) is 0 Å². The number of alkyl halides is 1. The standard InChI is InChI=1S/C9H12BrN4O2/c1-12-7-6(8(15)13(2)9(12)16)14(4-3-10)5-11-7/h5-6H,3-4H2,1-2H3/q+1. The summed E-state index contributed by atoms with van der Waals surface area (Å²) in [5.41, 5.74) is 0. The van der Waals surface area contributed by atoms with Crippen molar-refractivity contribution in [1.29, 1.82) is 0 Å². The highest BCUT2D eigenvalue weighted by molar-refractivity contribution is 9.09. The van der Waals surface area contributed by atoms with Crippen molar-refractivity contribution in [2.75, 3.05) is 26.0 Å². The van der Waals surface area contributed by atoms with Crippen LogP contribution < -0.4 is 0 Å². The van der Waals surface area contributed by atoms with Crippen LogP contribution in [-0.2, 0) is 4.79 Å². The Bertz CT molecular complexity index is 418. The Balaban J connectivity index is 2.32. The van der Waals surface area contributed by atoms with Gasteiger partial charge in [-0.25, -0.2) is 9.37 Å². The van der Waals surface area contributed by atoms with E-state index in [0.717, 1.165) is 10.2 Å². The maximum Gasteiger partial charge on any atom is 0.333 e. The van der Waals surface area contributed by atoms with E-state index in [1.165, 1.54) is 11.9 Å². The first-order valence-corrected chi connectivity index (χ1v) is 5.98. The van der Waals surface area contributed by atoms with Crippen LogP contribution in [0.25, 0.3) is 0 Å². The van der Waals surface area contributed by atoms with Gasteiger partial charge in [-0.2, -0.15) is 0 Å². The molecular formula is C9H12BrN4O2+. The molecule has 2 aliphatic heterocycles. The van der Waals surface area contributed by atoms with Crippen LogP contribution in [0.2, 0.25) is 0 Å². The number of amidine groups is 1. The second kappa shape index (κ2) is 3.97. The Morgan fingerprint density at radius 2 is 2.12 bits per heavy atom. The molecule has 0 radical (unpaired) electrons. The first-order chi connectivity index (χ1) is 7.57. The van der Waals surface area contributed by atoms with E-state index in [-0.39, 0.29) is 11.9 Å². The third-order valence-electron chi connectivity index (χ3n) is 2.74. The topological polar surface area (TPSA) is 56.0 Å². The molecule has 0 spiro atoms. The summed E-state index contributed by atoms with van der Waals surface area (Å²) in [6.07, 6.45) is 1.61. The van der Waals surface area contributed by atoms with E-state index in [1.807, 2.05) is 4.58 Å². The highest BCUT2D eigenvalue weighted by Gasteiger charge is 2.50. The van der Waals surface area contributed by atoms with Gasteiger partial charge in [0.1, 0.15) is 0 Å². The molecule has 16 heavy (non-hydrogen) atoms. The number of fused-ring (bicyclic) bond motifs is 1. The molecule has 2 aliphatic rings. The highest BCUT2D eigenvalue weighted by Crippen LogP contribution is 2.16. The molecule has 0 N–H and O–H groups in total. The van der Waals surface area contributed by atoms with E-state index in [0.29, 0.717) is 12.4 Å². The number of likely N-dealkylation sites (N-methyl/N-ethyl adjacent to an activating group) is 2. The van der Waals surface area contributed by atoms with Gasteiger partial charge in [-0.15, -0.1) is 0 Å². The Morgan fingerprint density at radius 3 is 2.75 bits per heavy atom. The number of carbonyl (C=O) groups is 2. The molecule has 1 saturated heterocycles. The van der Waals surface area contributed by atoms with Crippen LogP contribution in [0.3, 0.4) is 0 Å². The molecule has 0 aromatic carbocycles. The number of carbonyl (C=O) groups excluding carboxylic acids is 2. The first kappa shape index (κ1) is 11.3. The van der Waals surface area contributed by atoms with Gasteiger partial charge in [0.25, 0.3) is 24.1 Å². The van der Waals surface area contributed by atoms with Crippen molar-refractivity contribution in [1.82, 2.24) is 9.80 Å². The molecule has 1 atom stereocenters.